The number of hydrazine groups is 1. The number of para-hydroxylation sites is 1. The molecule has 1 aromatic heterocycles. The van der Waals surface area contributed by atoms with Gasteiger partial charge in [0, 0.05) is 11.6 Å². The van der Waals surface area contributed by atoms with Crippen molar-refractivity contribution in [3.63, 3.8) is 0 Å². The Morgan fingerprint density at radius 2 is 1.90 bits per heavy atom. The number of hydrogen-bond donors (Lipinski definition) is 4. The normalized spacial score (nSPS) is 12.1. The van der Waals surface area contributed by atoms with Crippen LogP contribution in [0.5, 0.6) is 0 Å². The van der Waals surface area contributed by atoms with E-state index in [1.54, 1.807) is 45.2 Å². The molecule has 1 aromatic carbocycles. The number of nitrogens with zero attached hydrogens (tertiary/aromatic N) is 2. The Hall–Kier alpha value is -3.40. The van der Waals surface area contributed by atoms with Crippen LogP contribution in [0.2, 0.25) is 0 Å². The monoisotopic (exact) mass is 431 g/mol. The topological polar surface area (TPSA) is 147 Å². The molecule has 0 radical (unpaired) electrons. The minimum atomic E-state index is -1.49. The van der Waals surface area contributed by atoms with Crippen LogP contribution in [0.4, 0.5) is 15.3 Å². The SMILES string of the molecule is CC(C)(C)OC(=O)NN(C(=O)O)C(CCCCN)C(=O)Nc1cccc2cccnc12. The number of aromatic nitrogens is 1. The maximum atomic E-state index is 13.1. The minimum absolute atomic E-state index is 0.156. The average molecular weight is 431 g/mol. The van der Waals surface area contributed by atoms with Gasteiger partial charge in [-0.25, -0.2) is 20.0 Å². The summed E-state index contributed by atoms with van der Waals surface area (Å²) in [6.45, 7) is 5.35. The van der Waals surface area contributed by atoms with Gasteiger partial charge in [0.2, 0.25) is 5.91 Å². The smallest absolute Gasteiger partial charge is 0.427 e. The molecule has 0 spiro atoms. The second-order valence-corrected chi connectivity index (χ2v) is 7.94. The fourth-order valence-corrected chi connectivity index (χ4v) is 2.94. The molecular formula is C21H29N5O5. The first-order chi connectivity index (χ1) is 14.6. The minimum Gasteiger partial charge on any atom is -0.464 e. The Balaban J connectivity index is 2.27. The van der Waals surface area contributed by atoms with Gasteiger partial charge in [0.05, 0.1) is 11.2 Å². The molecule has 0 aliphatic heterocycles. The zero-order valence-corrected chi connectivity index (χ0v) is 17.9. The molecule has 1 atom stereocenters. The molecule has 31 heavy (non-hydrogen) atoms. The lowest BCUT2D eigenvalue weighted by Gasteiger charge is -2.30. The van der Waals surface area contributed by atoms with Crippen LogP contribution >= 0.6 is 0 Å². The molecule has 2 rings (SSSR count). The Bertz CT molecular complexity index is 923. The van der Waals surface area contributed by atoms with Crippen LogP contribution in [0.3, 0.4) is 0 Å². The van der Waals surface area contributed by atoms with Gasteiger partial charge in [-0.2, -0.15) is 0 Å². The van der Waals surface area contributed by atoms with Crippen molar-refractivity contribution in [3.8, 4) is 0 Å². The van der Waals surface area contributed by atoms with Gasteiger partial charge in [0.15, 0.2) is 0 Å². The molecule has 5 N–H and O–H groups in total. The van der Waals surface area contributed by atoms with Crippen molar-refractivity contribution in [1.29, 1.82) is 0 Å². The van der Waals surface area contributed by atoms with E-state index in [2.05, 4.69) is 15.7 Å². The number of carbonyl (C=O) groups is 3. The quantitative estimate of drug-likeness (QED) is 0.389. The van der Waals surface area contributed by atoms with Crippen molar-refractivity contribution < 1.29 is 24.2 Å². The van der Waals surface area contributed by atoms with Crippen molar-refractivity contribution in [2.75, 3.05) is 11.9 Å². The number of carboxylic acid groups (broad SMARTS) is 1. The van der Waals surface area contributed by atoms with Crippen LogP contribution in [0.15, 0.2) is 36.5 Å². The van der Waals surface area contributed by atoms with E-state index in [-0.39, 0.29) is 6.42 Å². The second kappa shape index (κ2) is 10.6. The zero-order chi connectivity index (χ0) is 23.0. The summed E-state index contributed by atoms with van der Waals surface area (Å²) in [5, 5.41) is 13.8. The Labute approximate surface area is 180 Å². The highest BCUT2D eigenvalue weighted by Crippen LogP contribution is 2.22. The van der Waals surface area contributed by atoms with Crippen molar-refractivity contribution in [1.82, 2.24) is 15.4 Å². The molecule has 10 heteroatoms. The molecule has 0 aliphatic carbocycles. The lowest BCUT2D eigenvalue weighted by molar-refractivity contribution is -0.122. The summed E-state index contributed by atoms with van der Waals surface area (Å²) in [6, 6.07) is 7.72. The van der Waals surface area contributed by atoms with Gasteiger partial charge in [-0.05, 0) is 58.7 Å². The first kappa shape index (κ1) is 23.9. The largest absolute Gasteiger partial charge is 0.464 e. The third-order valence-electron chi connectivity index (χ3n) is 4.25. The van der Waals surface area contributed by atoms with Crippen molar-refractivity contribution >= 4 is 34.7 Å². The van der Waals surface area contributed by atoms with E-state index in [9.17, 15) is 19.5 Å². The summed E-state index contributed by atoms with van der Waals surface area (Å²) < 4.78 is 5.13. The van der Waals surface area contributed by atoms with Crippen LogP contribution in [-0.4, -0.2) is 51.4 Å². The number of rotatable bonds is 7. The number of amides is 3. The molecule has 0 saturated heterocycles. The maximum Gasteiger partial charge on any atom is 0.427 e. The number of ether oxygens (including phenoxy) is 1. The number of hydrogen-bond acceptors (Lipinski definition) is 6. The highest BCUT2D eigenvalue weighted by atomic mass is 16.6. The molecule has 10 nitrogen and oxygen atoms in total. The molecule has 1 heterocycles. The number of benzene rings is 1. The van der Waals surface area contributed by atoms with E-state index in [1.165, 1.54) is 0 Å². The number of carbonyl (C=O) groups excluding carboxylic acids is 2. The zero-order valence-electron chi connectivity index (χ0n) is 17.9. The fraction of sp³-hybridized carbons (Fsp3) is 0.429. The average Bonchev–Trinajstić information content (AvgIpc) is 2.68. The Morgan fingerprint density at radius 3 is 2.55 bits per heavy atom. The van der Waals surface area contributed by atoms with E-state index in [4.69, 9.17) is 10.5 Å². The fourth-order valence-electron chi connectivity index (χ4n) is 2.94. The number of nitrogens with one attached hydrogen (secondary N) is 2. The molecule has 0 aliphatic rings. The first-order valence-electron chi connectivity index (χ1n) is 9.99. The van der Waals surface area contributed by atoms with Crippen molar-refractivity contribution in [2.45, 2.75) is 51.7 Å². The van der Waals surface area contributed by atoms with E-state index >= 15 is 0 Å². The van der Waals surface area contributed by atoms with Gasteiger partial charge in [-0.1, -0.05) is 18.2 Å². The summed E-state index contributed by atoms with van der Waals surface area (Å²) in [5.74, 6) is -0.603. The van der Waals surface area contributed by atoms with Gasteiger partial charge in [-0.15, -0.1) is 0 Å². The van der Waals surface area contributed by atoms with Crippen LogP contribution < -0.4 is 16.5 Å². The highest BCUT2D eigenvalue weighted by molar-refractivity contribution is 6.03. The third-order valence-corrected chi connectivity index (χ3v) is 4.25. The number of nitrogens with two attached hydrogens (primary N) is 1. The predicted octanol–water partition coefficient (Wildman–Crippen LogP) is 3.09. The summed E-state index contributed by atoms with van der Waals surface area (Å²) >= 11 is 0. The number of anilines is 1. The molecule has 0 fully saturated rings. The standard InChI is InChI=1S/C21H29N5O5/c1-21(2,3)31-19(28)25-26(20(29)30)16(11-4-5-12-22)18(27)24-15-10-6-8-14-9-7-13-23-17(14)15/h6-10,13,16H,4-5,11-12,22H2,1-3H3,(H,24,27)(H,25,28)(H,29,30). The summed E-state index contributed by atoms with van der Waals surface area (Å²) in [6.07, 6.45) is 0.378. The maximum absolute atomic E-state index is 13.1. The first-order valence-corrected chi connectivity index (χ1v) is 9.99. The van der Waals surface area contributed by atoms with Crippen LogP contribution in [0, 0.1) is 0 Å². The van der Waals surface area contributed by atoms with Crippen LogP contribution in [-0.2, 0) is 9.53 Å². The molecular weight excluding hydrogens is 402 g/mol. The van der Waals surface area contributed by atoms with Gasteiger partial charge >= 0.3 is 12.2 Å². The predicted molar refractivity (Wildman–Crippen MR) is 116 cm³/mol. The van der Waals surface area contributed by atoms with Crippen molar-refractivity contribution in [2.24, 2.45) is 5.73 Å². The van der Waals surface area contributed by atoms with E-state index in [0.717, 1.165) is 5.39 Å². The summed E-state index contributed by atoms with van der Waals surface area (Å²) in [7, 11) is 0. The summed E-state index contributed by atoms with van der Waals surface area (Å²) in [5.41, 5.74) is 7.88. The van der Waals surface area contributed by atoms with Crippen LogP contribution in [0.1, 0.15) is 40.0 Å². The van der Waals surface area contributed by atoms with E-state index in [1.807, 2.05) is 12.1 Å². The molecule has 0 bridgehead atoms. The van der Waals surface area contributed by atoms with Gasteiger partial charge in [-0.3, -0.25) is 9.78 Å². The summed E-state index contributed by atoms with van der Waals surface area (Å²) in [4.78, 5) is 41.4. The van der Waals surface area contributed by atoms with Gasteiger partial charge < -0.3 is 20.9 Å². The number of fused-ring (bicyclic) bond motifs is 1. The van der Waals surface area contributed by atoms with Gasteiger partial charge in [0.25, 0.3) is 0 Å². The lowest BCUT2D eigenvalue weighted by atomic mass is 10.1. The Morgan fingerprint density at radius 1 is 1.19 bits per heavy atom. The van der Waals surface area contributed by atoms with Crippen molar-refractivity contribution in [3.05, 3.63) is 36.5 Å². The van der Waals surface area contributed by atoms with Crippen LogP contribution in [0.25, 0.3) is 10.9 Å². The molecule has 0 saturated carbocycles. The molecule has 168 valence electrons. The highest BCUT2D eigenvalue weighted by Gasteiger charge is 2.32. The number of pyridine rings is 1. The molecule has 2 aromatic rings. The van der Waals surface area contributed by atoms with Gasteiger partial charge in [0.1, 0.15) is 11.6 Å². The second-order valence-electron chi connectivity index (χ2n) is 7.94. The molecule has 1 unspecified atom stereocenters. The number of unbranched alkanes of at least 4 members (excludes halogenated alkanes) is 1. The molecule has 3 amide bonds. The van der Waals surface area contributed by atoms with E-state index in [0.29, 0.717) is 35.6 Å². The third kappa shape index (κ3) is 7.10. The lowest BCUT2D eigenvalue weighted by Crippen LogP contribution is -2.56. The Kier molecular flexibility index (Phi) is 8.14. The van der Waals surface area contributed by atoms with E-state index < -0.39 is 29.7 Å².